The molecule has 0 aliphatic carbocycles. The van der Waals surface area contributed by atoms with Crippen LogP contribution in [0.15, 0.2) is 23.8 Å². The van der Waals surface area contributed by atoms with Gasteiger partial charge in [0.2, 0.25) is 0 Å². The summed E-state index contributed by atoms with van der Waals surface area (Å²) < 4.78 is 13.4. The minimum atomic E-state index is -0.405. The van der Waals surface area contributed by atoms with E-state index in [9.17, 15) is 4.39 Å². The molecule has 0 bridgehead atoms. The van der Waals surface area contributed by atoms with Crippen LogP contribution in [-0.2, 0) is 6.42 Å². The first kappa shape index (κ1) is 10.9. The first-order valence-electron chi connectivity index (χ1n) is 4.51. The molecule has 0 fully saturated rings. The third-order valence-electron chi connectivity index (χ3n) is 2.01. The summed E-state index contributed by atoms with van der Waals surface area (Å²) in [6.45, 7) is 1.93. The maximum atomic E-state index is 13.4. The van der Waals surface area contributed by atoms with Crippen LogP contribution in [0.4, 0.5) is 4.39 Å². The highest BCUT2D eigenvalue weighted by Crippen LogP contribution is 2.14. The first-order valence-corrected chi connectivity index (χ1v) is 4.51. The molecule has 2 nitrogen and oxygen atoms in total. The Morgan fingerprint density at radius 1 is 1.40 bits per heavy atom. The maximum Gasteiger partial charge on any atom is 0.130 e. The molecule has 1 aromatic carbocycles. The molecule has 0 unspecified atom stereocenters. The second kappa shape index (κ2) is 4.93. The summed E-state index contributed by atoms with van der Waals surface area (Å²) in [6, 6.07) is 8.14. The van der Waals surface area contributed by atoms with Gasteiger partial charge in [-0.25, -0.2) is 4.39 Å². The van der Waals surface area contributed by atoms with Crippen LogP contribution < -0.4 is 0 Å². The van der Waals surface area contributed by atoms with Crippen LogP contribution in [0.5, 0.6) is 0 Å². The average molecular weight is 200 g/mol. The van der Waals surface area contributed by atoms with Gasteiger partial charge in [-0.3, -0.25) is 0 Å². The molecule has 0 radical (unpaired) electrons. The molecule has 0 spiro atoms. The highest BCUT2D eigenvalue weighted by molar-refractivity contribution is 5.62. The molecule has 0 aliphatic rings. The Balaban J connectivity index is 3.14. The molecule has 15 heavy (non-hydrogen) atoms. The Bertz CT molecular complexity index is 459. The van der Waals surface area contributed by atoms with Gasteiger partial charge in [-0.2, -0.15) is 10.5 Å². The van der Waals surface area contributed by atoms with Crippen LogP contribution in [0.25, 0.3) is 6.08 Å². The lowest BCUT2D eigenvalue weighted by Gasteiger charge is -1.99. The summed E-state index contributed by atoms with van der Waals surface area (Å²) >= 11 is 0. The van der Waals surface area contributed by atoms with Crippen LogP contribution in [-0.4, -0.2) is 0 Å². The van der Waals surface area contributed by atoms with Crippen LogP contribution in [0.1, 0.15) is 18.1 Å². The van der Waals surface area contributed by atoms with E-state index in [1.165, 1.54) is 12.1 Å². The lowest BCUT2D eigenvalue weighted by Crippen LogP contribution is -1.87. The number of benzene rings is 1. The molecule has 3 heteroatoms. The predicted octanol–water partition coefficient (Wildman–Crippen LogP) is 2.82. The SMILES string of the molecule is CCc1ccc(C=C(C#N)C#N)c(F)c1. The molecule has 0 aliphatic heterocycles. The van der Waals surface area contributed by atoms with E-state index in [0.29, 0.717) is 0 Å². The molecule has 74 valence electrons. The smallest absolute Gasteiger partial charge is 0.130 e. The zero-order valence-electron chi connectivity index (χ0n) is 8.29. The molecule has 0 atom stereocenters. The second-order valence-electron chi connectivity index (χ2n) is 2.99. The summed E-state index contributed by atoms with van der Waals surface area (Å²) in [7, 11) is 0. The van der Waals surface area contributed by atoms with Crippen molar-refractivity contribution in [3.63, 3.8) is 0 Å². The van der Waals surface area contributed by atoms with E-state index in [-0.39, 0.29) is 11.1 Å². The molecular weight excluding hydrogens is 191 g/mol. The number of nitriles is 2. The summed E-state index contributed by atoms with van der Waals surface area (Å²) in [5, 5.41) is 17.0. The van der Waals surface area contributed by atoms with Gasteiger partial charge in [-0.15, -0.1) is 0 Å². The van der Waals surface area contributed by atoms with E-state index < -0.39 is 5.82 Å². The monoisotopic (exact) mass is 200 g/mol. The molecule has 0 aromatic heterocycles. The molecule has 0 saturated carbocycles. The van der Waals surface area contributed by atoms with Crippen molar-refractivity contribution >= 4 is 6.08 Å². The Morgan fingerprint density at radius 2 is 2.07 bits per heavy atom. The summed E-state index contributed by atoms with van der Waals surface area (Å²) in [5.41, 5.74) is 1.06. The van der Waals surface area contributed by atoms with Crippen molar-refractivity contribution in [3.8, 4) is 12.1 Å². The lowest BCUT2D eigenvalue weighted by molar-refractivity contribution is 0.623. The summed E-state index contributed by atoms with van der Waals surface area (Å²) in [6.07, 6.45) is 2.00. The Morgan fingerprint density at radius 3 is 2.53 bits per heavy atom. The van der Waals surface area contributed by atoms with Crippen LogP contribution in [0.2, 0.25) is 0 Å². The van der Waals surface area contributed by atoms with Crippen LogP contribution in [0.3, 0.4) is 0 Å². The fourth-order valence-electron chi connectivity index (χ4n) is 1.15. The highest BCUT2D eigenvalue weighted by Gasteiger charge is 2.02. The van der Waals surface area contributed by atoms with Crippen molar-refractivity contribution in [1.82, 2.24) is 0 Å². The van der Waals surface area contributed by atoms with Gasteiger partial charge in [0.05, 0.1) is 0 Å². The number of nitrogens with zero attached hydrogens (tertiary/aromatic N) is 2. The highest BCUT2D eigenvalue weighted by atomic mass is 19.1. The number of hydrogen-bond donors (Lipinski definition) is 0. The zero-order valence-corrected chi connectivity index (χ0v) is 8.29. The van der Waals surface area contributed by atoms with E-state index in [4.69, 9.17) is 10.5 Å². The van der Waals surface area contributed by atoms with Crippen LogP contribution >= 0.6 is 0 Å². The topological polar surface area (TPSA) is 47.6 Å². The number of aryl methyl sites for hydroxylation is 1. The number of allylic oxidation sites excluding steroid dienone is 1. The Labute approximate surface area is 87.9 Å². The Hall–Kier alpha value is -2.13. The standard InChI is InChI=1S/C12H9FN2/c1-2-9-3-4-11(12(13)6-9)5-10(7-14)8-15/h3-6H,2H2,1H3. The van der Waals surface area contributed by atoms with Crippen molar-refractivity contribution in [2.24, 2.45) is 0 Å². The van der Waals surface area contributed by atoms with Gasteiger partial charge in [0.25, 0.3) is 0 Å². The van der Waals surface area contributed by atoms with E-state index in [2.05, 4.69) is 0 Å². The quantitative estimate of drug-likeness (QED) is 0.689. The minimum Gasteiger partial charge on any atom is -0.206 e. The third kappa shape index (κ3) is 2.65. The average Bonchev–Trinajstić information content (AvgIpc) is 2.27. The molecule has 0 heterocycles. The molecule has 1 rings (SSSR count). The van der Waals surface area contributed by atoms with Crippen molar-refractivity contribution < 1.29 is 4.39 Å². The summed E-state index contributed by atoms with van der Waals surface area (Å²) in [5.74, 6) is -0.405. The molecule has 0 N–H and O–H groups in total. The number of halogens is 1. The van der Waals surface area contributed by atoms with Gasteiger partial charge in [0, 0.05) is 5.56 Å². The van der Waals surface area contributed by atoms with Crippen molar-refractivity contribution in [2.75, 3.05) is 0 Å². The van der Waals surface area contributed by atoms with Crippen molar-refractivity contribution in [1.29, 1.82) is 10.5 Å². The van der Waals surface area contributed by atoms with Gasteiger partial charge in [-0.1, -0.05) is 19.1 Å². The predicted molar refractivity (Wildman–Crippen MR) is 55.0 cm³/mol. The lowest BCUT2D eigenvalue weighted by atomic mass is 10.1. The fraction of sp³-hybridized carbons (Fsp3) is 0.167. The van der Waals surface area contributed by atoms with Crippen molar-refractivity contribution in [2.45, 2.75) is 13.3 Å². The second-order valence-corrected chi connectivity index (χ2v) is 2.99. The zero-order chi connectivity index (χ0) is 11.3. The van der Waals surface area contributed by atoms with E-state index >= 15 is 0 Å². The fourth-order valence-corrected chi connectivity index (χ4v) is 1.15. The molecule has 0 saturated heterocycles. The number of hydrogen-bond acceptors (Lipinski definition) is 2. The number of rotatable bonds is 2. The van der Waals surface area contributed by atoms with Gasteiger partial charge < -0.3 is 0 Å². The van der Waals surface area contributed by atoms with Crippen LogP contribution in [0, 0.1) is 28.5 Å². The van der Waals surface area contributed by atoms with Gasteiger partial charge in [0.15, 0.2) is 0 Å². The normalized spacial score (nSPS) is 8.80. The summed E-state index contributed by atoms with van der Waals surface area (Å²) in [4.78, 5) is 0. The van der Waals surface area contributed by atoms with Gasteiger partial charge in [-0.05, 0) is 24.1 Å². The maximum absolute atomic E-state index is 13.4. The minimum absolute atomic E-state index is 0.0989. The van der Waals surface area contributed by atoms with Gasteiger partial charge in [0.1, 0.15) is 23.5 Å². The van der Waals surface area contributed by atoms with E-state index in [1.807, 2.05) is 6.92 Å². The Kier molecular flexibility index (Phi) is 3.60. The third-order valence-corrected chi connectivity index (χ3v) is 2.01. The van der Waals surface area contributed by atoms with Gasteiger partial charge >= 0.3 is 0 Å². The molecule has 1 aromatic rings. The molecule has 0 amide bonds. The largest absolute Gasteiger partial charge is 0.206 e. The van der Waals surface area contributed by atoms with Crippen molar-refractivity contribution in [3.05, 3.63) is 40.7 Å². The first-order chi connectivity index (χ1) is 7.21. The molecular formula is C12H9FN2. The van der Waals surface area contributed by atoms with E-state index in [0.717, 1.165) is 12.0 Å². The van der Waals surface area contributed by atoms with E-state index in [1.54, 1.807) is 24.3 Å².